The van der Waals surface area contributed by atoms with E-state index in [1.807, 2.05) is 0 Å². The zero-order valence-corrected chi connectivity index (χ0v) is 20.6. The van der Waals surface area contributed by atoms with Gasteiger partial charge in [0, 0.05) is 29.3 Å². The zero-order chi connectivity index (χ0) is 30.9. The molecule has 0 aliphatic carbocycles. The number of hydrogen-bond acceptors (Lipinski definition) is 4. The highest BCUT2D eigenvalue weighted by Crippen LogP contribution is 2.44. The Hall–Kier alpha value is -3.02. The second-order valence-corrected chi connectivity index (χ2v) is 9.81. The monoisotopic (exact) mass is 618 g/mol. The van der Waals surface area contributed by atoms with Crippen molar-refractivity contribution in [2.24, 2.45) is 0 Å². The van der Waals surface area contributed by atoms with Crippen LogP contribution in [-0.4, -0.2) is 40.0 Å². The molecule has 0 saturated heterocycles. The molecule has 0 spiro atoms. The lowest BCUT2D eigenvalue weighted by Gasteiger charge is -2.32. The molecule has 2 aromatic rings. The summed E-state index contributed by atoms with van der Waals surface area (Å²) < 4.78 is 172. The van der Waals surface area contributed by atoms with E-state index in [0.717, 1.165) is 18.4 Å². The lowest BCUT2D eigenvalue weighted by atomic mass is 9.89. The summed E-state index contributed by atoms with van der Waals surface area (Å²) in [6.07, 6.45) is -21.0. The van der Waals surface area contributed by atoms with Gasteiger partial charge in [0.25, 0.3) is 0 Å². The minimum absolute atomic E-state index is 0.267. The van der Waals surface area contributed by atoms with Crippen molar-refractivity contribution in [2.75, 3.05) is 23.9 Å². The summed E-state index contributed by atoms with van der Waals surface area (Å²) in [5, 5.41) is 14.2. The molecule has 40 heavy (non-hydrogen) atoms. The highest BCUT2D eigenvalue weighted by atomic mass is 32.2. The van der Waals surface area contributed by atoms with Crippen LogP contribution in [0.15, 0.2) is 36.4 Å². The van der Waals surface area contributed by atoms with Gasteiger partial charge in [-0.25, -0.2) is 0 Å². The predicted molar refractivity (Wildman–Crippen MR) is 117 cm³/mol. The smallest absolute Gasteiger partial charge is 0.381 e. The maximum Gasteiger partial charge on any atom is 0.423 e. The summed E-state index contributed by atoms with van der Waals surface area (Å²) >= 11 is 0. The molecule has 0 fully saturated rings. The maximum absolute atomic E-state index is 13.9. The molecule has 1 amide bonds. The third-order valence-electron chi connectivity index (χ3n) is 5.31. The van der Waals surface area contributed by atoms with Gasteiger partial charge in [-0.2, -0.15) is 52.7 Å². The van der Waals surface area contributed by atoms with Gasteiger partial charge in [0.2, 0.25) is 11.5 Å². The Labute approximate surface area is 220 Å². The van der Waals surface area contributed by atoms with Crippen molar-refractivity contribution in [3.63, 3.8) is 0 Å². The van der Waals surface area contributed by atoms with Gasteiger partial charge in [-0.3, -0.25) is 9.00 Å². The molecule has 0 heterocycles. The number of alkyl halides is 12. The average Bonchev–Trinajstić information content (AvgIpc) is 2.78. The van der Waals surface area contributed by atoms with Crippen LogP contribution in [0.25, 0.3) is 0 Å². The van der Waals surface area contributed by atoms with Crippen LogP contribution in [0.4, 0.5) is 58.4 Å². The SMILES string of the molecule is C[S@](=O)CC(=O)NCc1ccc(NC[C@](O)(c2cc(C(F)(F)F)cc(C(F)(F)F)c2)C(F)(F)F)cc1C(F)(F)F. The Balaban J connectivity index is 2.50. The molecule has 0 aliphatic heterocycles. The van der Waals surface area contributed by atoms with Crippen molar-refractivity contribution in [3.05, 3.63) is 64.2 Å². The second kappa shape index (κ2) is 11.5. The molecular weight excluding hydrogens is 600 g/mol. The fraction of sp³-hybridized carbons (Fsp3) is 0.409. The fourth-order valence-corrected chi connectivity index (χ4v) is 3.79. The van der Waals surface area contributed by atoms with Crippen molar-refractivity contribution in [2.45, 2.75) is 36.9 Å². The van der Waals surface area contributed by atoms with Gasteiger partial charge in [0.15, 0.2) is 0 Å². The molecule has 0 unspecified atom stereocenters. The molecule has 2 atom stereocenters. The Morgan fingerprint density at radius 3 is 1.73 bits per heavy atom. The van der Waals surface area contributed by atoms with Crippen LogP contribution in [0.3, 0.4) is 0 Å². The van der Waals surface area contributed by atoms with Gasteiger partial charge in [0.1, 0.15) is 5.75 Å². The van der Waals surface area contributed by atoms with E-state index in [0.29, 0.717) is 0 Å². The number of aliphatic hydroxyl groups is 1. The topological polar surface area (TPSA) is 78.4 Å². The first-order chi connectivity index (χ1) is 17.9. The predicted octanol–water partition coefficient (Wildman–Crippen LogP) is 5.60. The molecule has 5 nitrogen and oxygen atoms in total. The Morgan fingerprint density at radius 2 is 1.30 bits per heavy atom. The van der Waals surface area contributed by atoms with Gasteiger partial charge in [0.05, 0.1) is 23.2 Å². The van der Waals surface area contributed by atoms with Gasteiger partial charge in [-0.15, -0.1) is 0 Å². The summed E-state index contributed by atoms with van der Waals surface area (Å²) in [4.78, 5) is 11.6. The van der Waals surface area contributed by atoms with Crippen LogP contribution in [-0.2, 0) is 46.3 Å². The lowest BCUT2D eigenvalue weighted by Crippen LogP contribution is -2.48. The van der Waals surface area contributed by atoms with Crippen molar-refractivity contribution in [1.82, 2.24) is 5.32 Å². The summed E-state index contributed by atoms with van der Waals surface area (Å²) in [7, 11) is -1.61. The van der Waals surface area contributed by atoms with Gasteiger partial charge in [-0.05, 0) is 41.5 Å². The van der Waals surface area contributed by atoms with Crippen LogP contribution in [0.2, 0.25) is 0 Å². The summed E-state index contributed by atoms with van der Waals surface area (Å²) in [5.41, 5.74) is -13.4. The molecule has 0 aliphatic rings. The molecule has 18 heteroatoms. The molecule has 2 aromatic carbocycles. The summed E-state index contributed by atoms with van der Waals surface area (Å²) in [5.74, 6) is -1.39. The molecule has 0 radical (unpaired) electrons. The van der Waals surface area contributed by atoms with Crippen molar-refractivity contribution in [3.8, 4) is 0 Å². The Kier molecular flexibility index (Phi) is 9.51. The zero-order valence-electron chi connectivity index (χ0n) is 19.8. The van der Waals surface area contributed by atoms with Gasteiger partial charge >= 0.3 is 24.7 Å². The molecule has 0 bridgehead atoms. The third kappa shape index (κ3) is 8.25. The van der Waals surface area contributed by atoms with Crippen molar-refractivity contribution >= 4 is 22.4 Å². The molecule has 224 valence electrons. The Morgan fingerprint density at radius 1 is 0.800 bits per heavy atom. The largest absolute Gasteiger partial charge is 0.423 e. The number of halogens is 12. The highest BCUT2D eigenvalue weighted by Gasteiger charge is 2.56. The van der Waals surface area contributed by atoms with Crippen LogP contribution < -0.4 is 10.6 Å². The summed E-state index contributed by atoms with van der Waals surface area (Å²) in [6.45, 7) is -2.62. The van der Waals surface area contributed by atoms with E-state index >= 15 is 0 Å². The number of benzene rings is 2. The normalized spacial score (nSPS) is 15.3. The van der Waals surface area contributed by atoms with E-state index in [-0.39, 0.29) is 18.2 Å². The van der Waals surface area contributed by atoms with Crippen LogP contribution >= 0.6 is 0 Å². The quantitative estimate of drug-likeness (QED) is 0.337. The third-order valence-corrected chi connectivity index (χ3v) is 5.98. The van der Waals surface area contributed by atoms with E-state index in [9.17, 15) is 66.8 Å². The van der Waals surface area contributed by atoms with Crippen LogP contribution in [0.5, 0.6) is 0 Å². The second-order valence-electron chi connectivity index (χ2n) is 8.37. The van der Waals surface area contributed by atoms with E-state index in [2.05, 4.69) is 5.32 Å². The minimum atomic E-state index is -5.90. The first-order valence-electron chi connectivity index (χ1n) is 10.5. The number of anilines is 1. The Bertz CT molecular complexity index is 1220. The summed E-state index contributed by atoms with van der Waals surface area (Å²) in [6, 6.07) is 0.621. The molecule has 0 aromatic heterocycles. The number of amides is 1. The van der Waals surface area contributed by atoms with Gasteiger partial charge in [-0.1, -0.05) is 6.07 Å². The van der Waals surface area contributed by atoms with Gasteiger partial charge < -0.3 is 15.7 Å². The van der Waals surface area contributed by atoms with Crippen LogP contribution in [0, 0.1) is 0 Å². The van der Waals surface area contributed by atoms with Crippen LogP contribution in [0.1, 0.15) is 27.8 Å². The van der Waals surface area contributed by atoms with E-state index in [1.54, 1.807) is 5.32 Å². The molecular formula is C22H18F12N2O3S. The van der Waals surface area contributed by atoms with E-state index < -0.39 is 105 Å². The lowest BCUT2D eigenvalue weighted by molar-refractivity contribution is -0.261. The standard InChI is InChI=1S/C22H18F12N2O3S/c1-40(39)9-17(37)35-8-11-2-3-15(7-16(11)21(29,30)31)36-10-18(38,22(32,33)34)12-4-13(19(23,24)25)6-14(5-12)20(26,27)28/h2-7,36,38H,8-10H2,1H3,(H,35,37)/t18-,40-/m0/s1. The first kappa shape index (κ1) is 33.2. The average molecular weight is 618 g/mol. The minimum Gasteiger partial charge on any atom is -0.381 e. The first-order valence-corrected chi connectivity index (χ1v) is 12.3. The highest BCUT2D eigenvalue weighted by molar-refractivity contribution is 7.85. The number of rotatable bonds is 8. The van der Waals surface area contributed by atoms with Crippen molar-refractivity contribution < 1.29 is 66.8 Å². The number of nitrogens with one attached hydrogen (secondary N) is 2. The fourth-order valence-electron chi connectivity index (χ4n) is 3.32. The maximum atomic E-state index is 13.9. The van der Waals surface area contributed by atoms with Crippen molar-refractivity contribution in [1.29, 1.82) is 0 Å². The molecule has 0 saturated carbocycles. The molecule has 2 rings (SSSR count). The number of carbonyl (C=O) groups is 1. The number of hydrogen-bond donors (Lipinski definition) is 3. The van der Waals surface area contributed by atoms with E-state index in [1.165, 1.54) is 0 Å². The van der Waals surface area contributed by atoms with E-state index in [4.69, 9.17) is 0 Å². The molecule has 3 N–H and O–H groups in total. The number of carbonyl (C=O) groups excluding carboxylic acids is 1.